The van der Waals surface area contributed by atoms with E-state index in [-0.39, 0.29) is 17.4 Å². The fourth-order valence-electron chi connectivity index (χ4n) is 3.42. The molecule has 0 radical (unpaired) electrons. The SMILES string of the molecule is CN1CCc2nc(SCC(=O)c3ccc(F)cc3)c(C#N)c(-c3cccs3)c2C1. The Morgan fingerprint density at radius 2 is 2.14 bits per heavy atom. The van der Waals surface area contributed by atoms with E-state index in [1.54, 1.807) is 11.3 Å². The molecule has 1 aromatic carbocycles. The number of fused-ring (bicyclic) bond motifs is 1. The fourth-order valence-corrected chi connectivity index (χ4v) is 5.13. The van der Waals surface area contributed by atoms with Gasteiger partial charge in [-0.1, -0.05) is 17.8 Å². The number of nitrogens with zero attached hydrogens (tertiary/aromatic N) is 3. The van der Waals surface area contributed by atoms with Gasteiger partial charge in [-0.25, -0.2) is 9.37 Å². The summed E-state index contributed by atoms with van der Waals surface area (Å²) in [6, 6.07) is 11.9. The number of halogens is 1. The van der Waals surface area contributed by atoms with Gasteiger partial charge in [0, 0.05) is 41.2 Å². The number of benzene rings is 1. The lowest BCUT2D eigenvalue weighted by Crippen LogP contribution is -2.28. The molecular formula is C22H18FN3OS2. The quantitative estimate of drug-likeness (QED) is 0.436. The number of rotatable bonds is 5. The Labute approximate surface area is 177 Å². The van der Waals surface area contributed by atoms with Gasteiger partial charge < -0.3 is 4.90 Å². The molecule has 3 aromatic rings. The Bertz CT molecular complexity index is 1090. The molecule has 29 heavy (non-hydrogen) atoms. The first-order chi connectivity index (χ1) is 14.1. The van der Waals surface area contributed by atoms with Gasteiger partial charge in [-0.2, -0.15) is 5.26 Å². The minimum Gasteiger partial charge on any atom is -0.302 e. The summed E-state index contributed by atoms with van der Waals surface area (Å²) in [5, 5.41) is 12.5. The molecule has 2 aromatic heterocycles. The average Bonchev–Trinajstić information content (AvgIpc) is 3.25. The maximum Gasteiger partial charge on any atom is 0.173 e. The second kappa shape index (κ2) is 8.46. The van der Waals surface area contributed by atoms with Crippen molar-refractivity contribution in [1.29, 1.82) is 5.26 Å². The lowest BCUT2D eigenvalue weighted by atomic mass is 9.96. The van der Waals surface area contributed by atoms with E-state index >= 15 is 0 Å². The maximum absolute atomic E-state index is 13.1. The minimum absolute atomic E-state index is 0.115. The molecule has 1 aliphatic heterocycles. The number of hydrogen-bond donors (Lipinski definition) is 0. The predicted octanol–water partition coefficient (Wildman–Crippen LogP) is 4.78. The zero-order valence-corrected chi connectivity index (χ0v) is 17.4. The third kappa shape index (κ3) is 4.10. The molecule has 0 saturated heterocycles. The van der Waals surface area contributed by atoms with Crippen molar-refractivity contribution < 1.29 is 9.18 Å². The van der Waals surface area contributed by atoms with Gasteiger partial charge in [0.15, 0.2) is 5.78 Å². The van der Waals surface area contributed by atoms with Gasteiger partial charge in [-0.15, -0.1) is 11.3 Å². The molecule has 0 amide bonds. The van der Waals surface area contributed by atoms with Gasteiger partial charge in [-0.3, -0.25) is 4.79 Å². The van der Waals surface area contributed by atoms with E-state index in [4.69, 9.17) is 4.98 Å². The largest absolute Gasteiger partial charge is 0.302 e. The molecule has 7 heteroatoms. The van der Waals surface area contributed by atoms with Crippen molar-refractivity contribution in [2.45, 2.75) is 18.0 Å². The lowest BCUT2D eigenvalue weighted by molar-refractivity contribution is 0.102. The summed E-state index contributed by atoms with van der Waals surface area (Å²) in [4.78, 5) is 20.6. The summed E-state index contributed by atoms with van der Waals surface area (Å²) in [7, 11) is 2.07. The van der Waals surface area contributed by atoms with Crippen LogP contribution in [0.2, 0.25) is 0 Å². The Morgan fingerprint density at radius 3 is 2.83 bits per heavy atom. The molecule has 0 bridgehead atoms. The van der Waals surface area contributed by atoms with Gasteiger partial charge in [0.1, 0.15) is 16.9 Å². The summed E-state index contributed by atoms with van der Waals surface area (Å²) >= 11 is 2.88. The second-order valence-electron chi connectivity index (χ2n) is 6.89. The monoisotopic (exact) mass is 423 g/mol. The number of ketones is 1. The van der Waals surface area contributed by atoms with E-state index in [9.17, 15) is 14.4 Å². The molecule has 4 rings (SSSR count). The normalized spacial score (nSPS) is 13.7. The molecule has 146 valence electrons. The Balaban J connectivity index is 1.70. The molecule has 0 atom stereocenters. The zero-order chi connectivity index (χ0) is 20.4. The first-order valence-electron chi connectivity index (χ1n) is 9.16. The molecule has 0 unspecified atom stereocenters. The number of thioether (sulfide) groups is 1. The number of aromatic nitrogens is 1. The van der Waals surface area contributed by atoms with Crippen LogP contribution in [0.25, 0.3) is 10.4 Å². The van der Waals surface area contributed by atoms with Crippen LogP contribution in [0.3, 0.4) is 0 Å². The van der Waals surface area contributed by atoms with E-state index in [0.717, 1.165) is 41.2 Å². The Kier molecular flexibility index (Phi) is 5.76. The second-order valence-corrected chi connectivity index (χ2v) is 8.80. The third-order valence-corrected chi connectivity index (χ3v) is 6.76. The van der Waals surface area contributed by atoms with Crippen LogP contribution in [-0.2, 0) is 13.0 Å². The molecule has 0 fully saturated rings. The van der Waals surface area contributed by atoms with Gasteiger partial charge >= 0.3 is 0 Å². The van der Waals surface area contributed by atoms with Gasteiger partial charge in [0.05, 0.1) is 11.3 Å². The summed E-state index contributed by atoms with van der Waals surface area (Å²) in [5.74, 6) is -0.339. The maximum atomic E-state index is 13.1. The summed E-state index contributed by atoms with van der Waals surface area (Å²) in [6.07, 6.45) is 0.815. The number of Topliss-reactive ketones (excluding diaryl/α,β-unsaturated/α-hetero) is 1. The minimum atomic E-state index is -0.372. The van der Waals surface area contributed by atoms with Crippen molar-refractivity contribution in [2.24, 2.45) is 0 Å². The number of likely N-dealkylation sites (N-methyl/N-ethyl adjacent to an activating group) is 1. The van der Waals surface area contributed by atoms with Gasteiger partial charge in [0.25, 0.3) is 0 Å². The lowest BCUT2D eigenvalue weighted by Gasteiger charge is -2.27. The standard InChI is InChI=1S/C22H18FN3OS2/c1-26-9-8-18-17(12-26)21(20-3-2-10-28-20)16(11-24)22(25-18)29-13-19(27)14-4-6-15(23)7-5-14/h2-7,10H,8-9,12-13H2,1H3. The van der Waals surface area contributed by atoms with E-state index in [0.29, 0.717) is 16.2 Å². The van der Waals surface area contributed by atoms with E-state index in [1.807, 2.05) is 17.5 Å². The van der Waals surface area contributed by atoms with Crippen LogP contribution < -0.4 is 0 Å². The zero-order valence-electron chi connectivity index (χ0n) is 15.8. The van der Waals surface area contributed by atoms with Crippen molar-refractivity contribution in [3.8, 4) is 16.5 Å². The molecule has 1 aliphatic rings. The van der Waals surface area contributed by atoms with Crippen molar-refractivity contribution in [2.75, 3.05) is 19.3 Å². The molecular weight excluding hydrogens is 405 g/mol. The smallest absolute Gasteiger partial charge is 0.173 e. The van der Waals surface area contributed by atoms with E-state index < -0.39 is 0 Å². The van der Waals surface area contributed by atoms with Crippen LogP contribution in [0.15, 0.2) is 46.8 Å². The summed E-state index contributed by atoms with van der Waals surface area (Å²) in [6.45, 7) is 1.66. The summed E-state index contributed by atoms with van der Waals surface area (Å²) in [5.41, 5.74) is 4.03. The molecule has 3 heterocycles. The van der Waals surface area contributed by atoms with E-state index in [2.05, 4.69) is 18.0 Å². The van der Waals surface area contributed by atoms with Gasteiger partial charge in [0.2, 0.25) is 0 Å². The molecule has 0 spiro atoms. The fraction of sp³-hybridized carbons (Fsp3) is 0.227. The number of thiophene rings is 1. The third-order valence-electron chi connectivity index (χ3n) is 4.89. The molecule has 4 nitrogen and oxygen atoms in total. The van der Waals surface area contributed by atoms with Gasteiger partial charge in [-0.05, 0) is 48.3 Å². The van der Waals surface area contributed by atoms with Crippen LogP contribution in [0, 0.1) is 17.1 Å². The predicted molar refractivity (Wildman–Crippen MR) is 114 cm³/mol. The Morgan fingerprint density at radius 1 is 1.34 bits per heavy atom. The average molecular weight is 424 g/mol. The highest BCUT2D eigenvalue weighted by Crippen LogP contribution is 2.39. The Hall–Kier alpha value is -2.53. The summed E-state index contributed by atoms with van der Waals surface area (Å²) < 4.78 is 13.1. The first kappa shape index (κ1) is 19.8. The number of pyridine rings is 1. The molecule has 0 saturated carbocycles. The van der Waals surface area contributed by atoms with E-state index in [1.165, 1.54) is 36.0 Å². The van der Waals surface area contributed by atoms with Crippen LogP contribution in [0.1, 0.15) is 27.2 Å². The number of nitriles is 1. The number of hydrogen-bond acceptors (Lipinski definition) is 6. The number of carbonyl (C=O) groups is 1. The first-order valence-corrected chi connectivity index (χ1v) is 11.0. The topological polar surface area (TPSA) is 57.0 Å². The van der Waals surface area contributed by atoms with Crippen molar-refractivity contribution >= 4 is 28.9 Å². The van der Waals surface area contributed by atoms with Crippen LogP contribution in [-0.4, -0.2) is 35.0 Å². The highest BCUT2D eigenvalue weighted by Gasteiger charge is 2.25. The van der Waals surface area contributed by atoms with Crippen molar-refractivity contribution in [3.05, 3.63) is 70.0 Å². The molecule has 0 N–H and O–H groups in total. The highest BCUT2D eigenvalue weighted by molar-refractivity contribution is 8.00. The van der Waals surface area contributed by atoms with Crippen LogP contribution in [0.5, 0.6) is 0 Å². The van der Waals surface area contributed by atoms with Crippen molar-refractivity contribution in [1.82, 2.24) is 9.88 Å². The van der Waals surface area contributed by atoms with Crippen LogP contribution >= 0.6 is 23.1 Å². The highest BCUT2D eigenvalue weighted by atomic mass is 32.2. The van der Waals surface area contributed by atoms with Crippen molar-refractivity contribution in [3.63, 3.8) is 0 Å². The molecule has 0 aliphatic carbocycles. The number of carbonyl (C=O) groups excluding carboxylic acids is 1. The van der Waals surface area contributed by atoms with Crippen LogP contribution in [0.4, 0.5) is 4.39 Å².